The maximum absolute atomic E-state index is 12.7. The van der Waals surface area contributed by atoms with Gasteiger partial charge in [0.2, 0.25) is 0 Å². The SMILES string of the molecule is O=C(CCl)c1ncccc1Nc1cccc(C(F)(F)F)c1. The van der Waals surface area contributed by atoms with Gasteiger partial charge in [0.1, 0.15) is 5.69 Å². The number of nitrogens with one attached hydrogen (secondary N) is 1. The van der Waals surface area contributed by atoms with E-state index in [-0.39, 0.29) is 17.3 Å². The number of hydrogen-bond acceptors (Lipinski definition) is 3. The molecule has 0 aliphatic carbocycles. The topological polar surface area (TPSA) is 42.0 Å². The van der Waals surface area contributed by atoms with E-state index in [0.717, 1.165) is 12.1 Å². The Labute approximate surface area is 123 Å². The van der Waals surface area contributed by atoms with Gasteiger partial charge in [-0.05, 0) is 30.3 Å². The second kappa shape index (κ2) is 6.13. The van der Waals surface area contributed by atoms with E-state index in [9.17, 15) is 18.0 Å². The third kappa shape index (κ3) is 3.72. The van der Waals surface area contributed by atoms with Crippen LogP contribution in [-0.4, -0.2) is 16.6 Å². The number of alkyl halides is 4. The van der Waals surface area contributed by atoms with Crippen LogP contribution in [0.5, 0.6) is 0 Å². The molecule has 0 fully saturated rings. The summed E-state index contributed by atoms with van der Waals surface area (Å²) in [6.45, 7) is 0. The third-order valence-electron chi connectivity index (χ3n) is 2.66. The Morgan fingerprint density at radius 3 is 2.67 bits per heavy atom. The average Bonchev–Trinajstić information content (AvgIpc) is 2.46. The Bertz CT molecular complexity index is 659. The largest absolute Gasteiger partial charge is 0.416 e. The Morgan fingerprint density at radius 1 is 1.24 bits per heavy atom. The van der Waals surface area contributed by atoms with E-state index in [1.807, 2.05) is 0 Å². The minimum atomic E-state index is -4.43. The van der Waals surface area contributed by atoms with Crippen molar-refractivity contribution in [3.05, 3.63) is 53.9 Å². The molecule has 2 rings (SSSR count). The molecule has 0 radical (unpaired) electrons. The summed E-state index contributed by atoms with van der Waals surface area (Å²) in [5.74, 6) is -0.666. The average molecular weight is 315 g/mol. The van der Waals surface area contributed by atoms with Crippen LogP contribution in [0, 0.1) is 0 Å². The van der Waals surface area contributed by atoms with Gasteiger partial charge in [-0.15, -0.1) is 11.6 Å². The molecule has 0 spiro atoms. The van der Waals surface area contributed by atoms with Gasteiger partial charge in [-0.2, -0.15) is 13.2 Å². The molecule has 0 saturated heterocycles. The fourth-order valence-corrected chi connectivity index (χ4v) is 1.85. The van der Waals surface area contributed by atoms with Gasteiger partial charge < -0.3 is 5.32 Å². The normalized spacial score (nSPS) is 11.2. The van der Waals surface area contributed by atoms with Crippen molar-refractivity contribution in [1.82, 2.24) is 4.98 Å². The van der Waals surface area contributed by atoms with E-state index in [1.54, 1.807) is 12.1 Å². The zero-order valence-corrected chi connectivity index (χ0v) is 11.4. The van der Waals surface area contributed by atoms with Gasteiger partial charge in [0.15, 0.2) is 5.78 Å². The maximum atomic E-state index is 12.7. The van der Waals surface area contributed by atoms with E-state index in [1.165, 1.54) is 18.3 Å². The number of halogens is 4. The molecule has 2 aromatic rings. The number of anilines is 2. The lowest BCUT2D eigenvalue weighted by molar-refractivity contribution is -0.137. The van der Waals surface area contributed by atoms with Gasteiger partial charge in [0, 0.05) is 11.9 Å². The smallest absolute Gasteiger partial charge is 0.354 e. The summed E-state index contributed by atoms with van der Waals surface area (Å²) in [5, 5.41) is 2.76. The number of rotatable bonds is 4. The quantitative estimate of drug-likeness (QED) is 0.677. The number of carbonyl (C=O) groups excluding carboxylic acids is 1. The summed E-state index contributed by atoms with van der Waals surface area (Å²) < 4.78 is 38.0. The van der Waals surface area contributed by atoms with Crippen molar-refractivity contribution in [3.8, 4) is 0 Å². The molecule has 1 aromatic carbocycles. The Kier molecular flexibility index (Phi) is 4.47. The first-order valence-electron chi connectivity index (χ1n) is 5.90. The Balaban J connectivity index is 2.33. The second-order valence-corrected chi connectivity index (χ2v) is 4.43. The molecule has 0 bridgehead atoms. The highest BCUT2D eigenvalue weighted by Crippen LogP contribution is 2.31. The first-order valence-corrected chi connectivity index (χ1v) is 6.43. The van der Waals surface area contributed by atoms with Crippen LogP contribution in [0.3, 0.4) is 0 Å². The molecule has 0 amide bonds. The highest BCUT2D eigenvalue weighted by Gasteiger charge is 2.30. The number of benzene rings is 1. The van der Waals surface area contributed by atoms with Gasteiger partial charge in [-0.3, -0.25) is 9.78 Å². The van der Waals surface area contributed by atoms with Gasteiger partial charge >= 0.3 is 6.18 Å². The number of aromatic nitrogens is 1. The van der Waals surface area contributed by atoms with Crippen molar-refractivity contribution in [2.75, 3.05) is 11.2 Å². The summed E-state index contributed by atoms with van der Waals surface area (Å²) in [7, 11) is 0. The van der Waals surface area contributed by atoms with E-state index < -0.39 is 17.5 Å². The molecule has 0 saturated carbocycles. The van der Waals surface area contributed by atoms with E-state index >= 15 is 0 Å². The summed E-state index contributed by atoms with van der Waals surface area (Å²) in [6, 6.07) is 7.80. The van der Waals surface area contributed by atoms with Crippen molar-refractivity contribution in [2.24, 2.45) is 0 Å². The molecule has 1 heterocycles. The lowest BCUT2D eigenvalue weighted by atomic mass is 10.1. The first kappa shape index (κ1) is 15.3. The highest BCUT2D eigenvalue weighted by molar-refractivity contribution is 6.30. The third-order valence-corrected chi connectivity index (χ3v) is 2.90. The zero-order chi connectivity index (χ0) is 15.5. The van der Waals surface area contributed by atoms with Crippen LogP contribution in [0.4, 0.5) is 24.5 Å². The number of pyridine rings is 1. The molecule has 3 nitrogen and oxygen atoms in total. The minimum absolute atomic E-state index is 0.0879. The molecular formula is C14H10ClF3N2O. The zero-order valence-electron chi connectivity index (χ0n) is 10.6. The van der Waals surface area contributed by atoms with Crippen LogP contribution in [0.25, 0.3) is 0 Å². The highest BCUT2D eigenvalue weighted by atomic mass is 35.5. The van der Waals surface area contributed by atoms with Crippen molar-refractivity contribution in [2.45, 2.75) is 6.18 Å². The molecule has 0 atom stereocenters. The van der Waals surface area contributed by atoms with Crippen LogP contribution >= 0.6 is 11.6 Å². The second-order valence-electron chi connectivity index (χ2n) is 4.16. The molecular weight excluding hydrogens is 305 g/mol. The van der Waals surface area contributed by atoms with E-state index in [0.29, 0.717) is 5.69 Å². The summed E-state index contributed by atoms with van der Waals surface area (Å²) >= 11 is 5.48. The fraction of sp³-hybridized carbons (Fsp3) is 0.143. The standard InChI is InChI=1S/C14H10ClF3N2O/c15-8-12(21)13-11(5-2-6-19-13)20-10-4-1-3-9(7-10)14(16,17)18/h1-7,20H,8H2. The molecule has 7 heteroatoms. The van der Waals surface area contributed by atoms with Crippen LogP contribution in [0.15, 0.2) is 42.6 Å². The predicted octanol–water partition coefficient (Wildman–Crippen LogP) is 4.27. The molecule has 21 heavy (non-hydrogen) atoms. The van der Waals surface area contributed by atoms with Gasteiger partial charge in [0.25, 0.3) is 0 Å². The number of hydrogen-bond donors (Lipinski definition) is 1. The molecule has 110 valence electrons. The lowest BCUT2D eigenvalue weighted by Gasteiger charge is -2.12. The van der Waals surface area contributed by atoms with Crippen LogP contribution in [0.2, 0.25) is 0 Å². The molecule has 0 aliphatic rings. The van der Waals surface area contributed by atoms with Gasteiger partial charge in [0.05, 0.1) is 17.1 Å². The van der Waals surface area contributed by atoms with Crippen LogP contribution in [0.1, 0.15) is 16.1 Å². The van der Waals surface area contributed by atoms with Crippen molar-refractivity contribution < 1.29 is 18.0 Å². The van der Waals surface area contributed by atoms with Crippen molar-refractivity contribution >= 4 is 28.8 Å². The van der Waals surface area contributed by atoms with Crippen LogP contribution < -0.4 is 5.32 Å². The van der Waals surface area contributed by atoms with Crippen LogP contribution in [-0.2, 0) is 6.18 Å². The van der Waals surface area contributed by atoms with E-state index in [4.69, 9.17) is 11.6 Å². The lowest BCUT2D eigenvalue weighted by Crippen LogP contribution is -2.08. The number of Topliss-reactive ketones (excluding diaryl/α,β-unsaturated/α-hetero) is 1. The van der Waals surface area contributed by atoms with Gasteiger partial charge in [-0.25, -0.2) is 0 Å². The predicted molar refractivity (Wildman–Crippen MR) is 74.0 cm³/mol. The Morgan fingerprint density at radius 2 is 2.00 bits per heavy atom. The monoisotopic (exact) mass is 314 g/mol. The van der Waals surface area contributed by atoms with Crippen molar-refractivity contribution in [1.29, 1.82) is 0 Å². The fourth-order valence-electron chi connectivity index (χ4n) is 1.72. The maximum Gasteiger partial charge on any atom is 0.416 e. The molecule has 0 unspecified atom stereocenters. The first-order chi connectivity index (χ1) is 9.91. The number of nitrogens with zero attached hydrogens (tertiary/aromatic N) is 1. The summed E-state index contributed by atoms with van der Waals surface area (Å²) in [6.07, 6.45) is -3.02. The van der Waals surface area contributed by atoms with Gasteiger partial charge in [-0.1, -0.05) is 6.07 Å². The van der Waals surface area contributed by atoms with E-state index in [2.05, 4.69) is 10.3 Å². The Hall–Kier alpha value is -2.08. The molecule has 1 aromatic heterocycles. The number of ketones is 1. The molecule has 0 aliphatic heterocycles. The summed E-state index contributed by atoms with van der Waals surface area (Å²) in [5.41, 5.74) is -0.171. The van der Waals surface area contributed by atoms with Crippen molar-refractivity contribution in [3.63, 3.8) is 0 Å². The minimum Gasteiger partial charge on any atom is -0.354 e. The molecule has 1 N–H and O–H groups in total. The number of carbonyl (C=O) groups is 1. The summed E-state index contributed by atoms with van der Waals surface area (Å²) in [4.78, 5) is 15.5.